The zero-order chi connectivity index (χ0) is 13.5. The van der Waals surface area contributed by atoms with Crippen molar-refractivity contribution in [2.24, 2.45) is 0 Å². The summed E-state index contributed by atoms with van der Waals surface area (Å²) in [6.45, 7) is 2.46. The Morgan fingerprint density at radius 1 is 1.42 bits per heavy atom. The summed E-state index contributed by atoms with van der Waals surface area (Å²) in [5.74, 6) is 0.896. The van der Waals surface area contributed by atoms with Crippen LogP contribution < -0.4 is 5.32 Å². The van der Waals surface area contributed by atoms with Crippen LogP contribution in [0.2, 0.25) is 0 Å². The Kier molecular flexibility index (Phi) is 4.97. The highest BCUT2D eigenvalue weighted by atomic mass is 32.2. The number of H-pyrrole nitrogens is 1. The number of carbonyl (C=O) groups excluding carboxylic acids is 1. The molecular weight excluding hydrogens is 260 g/mol. The molecule has 2 rings (SSSR count). The Labute approximate surface area is 116 Å². The number of hydrogen-bond acceptors (Lipinski definition) is 4. The van der Waals surface area contributed by atoms with E-state index in [9.17, 15) is 4.79 Å². The number of aromatic nitrogens is 3. The molecule has 0 bridgehead atoms. The first-order chi connectivity index (χ1) is 9.25. The second-order valence-electron chi connectivity index (χ2n) is 4.00. The normalized spacial score (nSPS) is 12.1. The molecule has 0 aliphatic rings. The van der Waals surface area contributed by atoms with Gasteiger partial charge in [0.2, 0.25) is 5.91 Å². The van der Waals surface area contributed by atoms with Gasteiger partial charge in [0.15, 0.2) is 0 Å². The van der Waals surface area contributed by atoms with Gasteiger partial charge in [0, 0.05) is 31.6 Å². The molecule has 0 aliphatic carbocycles. The number of thioether (sulfide) groups is 1. The number of pyridine rings is 1. The fourth-order valence-electron chi connectivity index (χ4n) is 1.53. The third kappa shape index (κ3) is 4.40. The molecule has 100 valence electrons. The summed E-state index contributed by atoms with van der Waals surface area (Å²) in [5.41, 5.74) is 0. The van der Waals surface area contributed by atoms with E-state index in [1.54, 1.807) is 18.6 Å². The van der Waals surface area contributed by atoms with Gasteiger partial charge in [-0.15, -0.1) is 0 Å². The number of nitrogens with zero attached hydrogens (tertiary/aromatic N) is 2. The predicted molar refractivity (Wildman–Crippen MR) is 74.9 cm³/mol. The lowest BCUT2D eigenvalue weighted by atomic mass is 10.4. The second-order valence-corrected chi connectivity index (χ2v) is 5.37. The van der Waals surface area contributed by atoms with Crippen molar-refractivity contribution in [3.05, 3.63) is 42.6 Å². The minimum Gasteiger partial charge on any atom is -0.355 e. The molecule has 0 saturated carbocycles. The van der Waals surface area contributed by atoms with Gasteiger partial charge >= 0.3 is 0 Å². The third-order valence-electron chi connectivity index (χ3n) is 2.52. The number of imidazole rings is 1. The molecular formula is C13H16N4OS. The predicted octanol–water partition coefficient (Wildman–Crippen LogP) is 1.64. The van der Waals surface area contributed by atoms with Crippen LogP contribution in [0.3, 0.4) is 0 Å². The van der Waals surface area contributed by atoms with Crippen LogP contribution in [0.4, 0.5) is 0 Å². The fourth-order valence-corrected chi connectivity index (χ4v) is 2.37. The van der Waals surface area contributed by atoms with Crippen LogP contribution in [-0.2, 0) is 11.2 Å². The standard InChI is InChI=1S/C13H16N4OS/c1-10(19-12-4-2-3-6-16-12)13(18)17-7-5-11-14-8-9-15-11/h2-4,6,8-10H,5,7H2,1H3,(H,14,15)(H,17,18)/t10-/m1/s1. The molecule has 19 heavy (non-hydrogen) atoms. The topological polar surface area (TPSA) is 70.7 Å². The first-order valence-electron chi connectivity index (χ1n) is 6.09. The van der Waals surface area contributed by atoms with E-state index < -0.39 is 0 Å². The monoisotopic (exact) mass is 276 g/mol. The molecule has 1 amide bonds. The highest BCUT2D eigenvalue weighted by Crippen LogP contribution is 2.20. The maximum absolute atomic E-state index is 11.9. The van der Waals surface area contributed by atoms with Crippen molar-refractivity contribution in [3.63, 3.8) is 0 Å². The molecule has 1 atom stereocenters. The first kappa shape index (κ1) is 13.6. The van der Waals surface area contributed by atoms with E-state index in [4.69, 9.17) is 0 Å². The Balaban J connectivity index is 1.73. The number of hydrogen-bond donors (Lipinski definition) is 2. The molecule has 0 saturated heterocycles. The minimum atomic E-state index is -0.161. The van der Waals surface area contributed by atoms with Crippen molar-refractivity contribution in [3.8, 4) is 0 Å². The number of aromatic amines is 1. The van der Waals surface area contributed by atoms with Crippen LogP contribution in [0, 0.1) is 0 Å². The van der Waals surface area contributed by atoms with E-state index >= 15 is 0 Å². The van der Waals surface area contributed by atoms with E-state index in [1.807, 2.05) is 25.1 Å². The van der Waals surface area contributed by atoms with Gasteiger partial charge in [0.1, 0.15) is 5.82 Å². The maximum atomic E-state index is 11.9. The SMILES string of the molecule is C[C@@H](Sc1ccccn1)C(=O)NCCc1ncc[nH]1. The minimum absolute atomic E-state index is 0.0159. The van der Waals surface area contributed by atoms with Gasteiger partial charge in [-0.1, -0.05) is 17.8 Å². The average molecular weight is 276 g/mol. The molecule has 0 aromatic carbocycles. The summed E-state index contributed by atoms with van der Waals surface area (Å²) in [6.07, 6.45) is 5.91. The highest BCUT2D eigenvalue weighted by molar-refractivity contribution is 8.00. The summed E-state index contributed by atoms with van der Waals surface area (Å²) in [4.78, 5) is 23.2. The number of nitrogens with one attached hydrogen (secondary N) is 2. The molecule has 6 heteroatoms. The van der Waals surface area contributed by atoms with Gasteiger partial charge in [-0.2, -0.15) is 0 Å². The lowest BCUT2D eigenvalue weighted by molar-refractivity contribution is -0.120. The Morgan fingerprint density at radius 2 is 2.32 bits per heavy atom. The summed E-state index contributed by atoms with van der Waals surface area (Å²) >= 11 is 1.45. The van der Waals surface area contributed by atoms with Crippen LogP contribution in [0.5, 0.6) is 0 Å². The maximum Gasteiger partial charge on any atom is 0.233 e. The van der Waals surface area contributed by atoms with Crippen molar-refractivity contribution in [2.45, 2.75) is 23.6 Å². The van der Waals surface area contributed by atoms with Crippen molar-refractivity contribution in [2.75, 3.05) is 6.54 Å². The van der Waals surface area contributed by atoms with Crippen LogP contribution in [-0.4, -0.2) is 32.7 Å². The molecule has 5 nitrogen and oxygen atoms in total. The molecule has 0 fully saturated rings. The smallest absolute Gasteiger partial charge is 0.233 e. The number of carbonyl (C=O) groups is 1. The van der Waals surface area contributed by atoms with E-state index in [0.717, 1.165) is 10.9 Å². The Hall–Kier alpha value is -1.82. The van der Waals surface area contributed by atoms with E-state index in [-0.39, 0.29) is 11.2 Å². The van der Waals surface area contributed by atoms with Crippen LogP contribution in [0.1, 0.15) is 12.7 Å². The summed E-state index contributed by atoms with van der Waals surface area (Å²) in [6, 6.07) is 5.67. The Bertz CT molecular complexity index is 501. The quantitative estimate of drug-likeness (QED) is 0.787. The lowest BCUT2D eigenvalue weighted by Gasteiger charge is -2.10. The molecule has 0 spiro atoms. The first-order valence-corrected chi connectivity index (χ1v) is 6.97. The molecule has 2 aromatic rings. The lowest BCUT2D eigenvalue weighted by Crippen LogP contribution is -2.32. The molecule has 2 N–H and O–H groups in total. The van der Waals surface area contributed by atoms with E-state index in [1.165, 1.54) is 11.8 Å². The van der Waals surface area contributed by atoms with Crippen molar-refractivity contribution in [1.82, 2.24) is 20.3 Å². The van der Waals surface area contributed by atoms with Gasteiger partial charge in [-0.25, -0.2) is 9.97 Å². The largest absolute Gasteiger partial charge is 0.355 e. The molecule has 2 heterocycles. The van der Waals surface area contributed by atoms with E-state index in [2.05, 4.69) is 20.3 Å². The zero-order valence-corrected chi connectivity index (χ0v) is 11.5. The van der Waals surface area contributed by atoms with Crippen LogP contribution >= 0.6 is 11.8 Å². The van der Waals surface area contributed by atoms with Gasteiger partial charge < -0.3 is 10.3 Å². The van der Waals surface area contributed by atoms with Crippen LogP contribution in [0.25, 0.3) is 0 Å². The molecule has 2 aromatic heterocycles. The van der Waals surface area contributed by atoms with Gasteiger partial charge in [-0.3, -0.25) is 4.79 Å². The zero-order valence-electron chi connectivity index (χ0n) is 10.7. The van der Waals surface area contributed by atoms with Crippen molar-refractivity contribution < 1.29 is 4.79 Å². The van der Waals surface area contributed by atoms with Gasteiger partial charge in [-0.05, 0) is 19.1 Å². The summed E-state index contributed by atoms with van der Waals surface area (Å²) in [5, 5.41) is 3.59. The van der Waals surface area contributed by atoms with E-state index in [0.29, 0.717) is 13.0 Å². The van der Waals surface area contributed by atoms with Gasteiger partial charge in [0.25, 0.3) is 0 Å². The van der Waals surface area contributed by atoms with Crippen molar-refractivity contribution in [1.29, 1.82) is 0 Å². The summed E-state index contributed by atoms with van der Waals surface area (Å²) in [7, 11) is 0. The number of amides is 1. The highest BCUT2D eigenvalue weighted by Gasteiger charge is 2.14. The van der Waals surface area contributed by atoms with Gasteiger partial charge in [0.05, 0.1) is 10.3 Å². The average Bonchev–Trinajstić information content (AvgIpc) is 2.93. The Morgan fingerprint density at radius 3 is 3.00 bits per heavy atom. The third-order valence-corrected chi connectivity index (χ3v) is 3.57. The van der Waals surface area contributed by atoms with Crippen LogP contribution in [0.15, 0.2) is 41.8 Å². The molecule has 0 unspecified atom stereocenters. The number of rotatable bonds is 6. The summed E-state index contributed by atoms with van der Waals surface area (Å²) < 4.78 is 0. The molecule has 0 radical (unpaired) electrons. The van der Waals surface area contributed by atoms with Crippen molar-refractivity contribution >= 4 is 17.7 Å². The fraction of sp³-hybridized carbons (Fsp3) is 0.308. The second kappa shape index (κ2) is 6.94. The molecule has 0 aliphatic heterocycles.